The highest BCUT2D eigenvalue weighted by Gasteiger charge is 2.18. The highest BCUT2D eigenvalue weighted by Crippen LogP contribution is 2.19. The number of oxazole rings is 1. The Morgan fingerprint density at radius 1 is 1.14 bits per heavy atom. The lowest BCUT2D eigenvalue weighted by Crippen LogP contribution is -2.23. The van der Waals surface area contributed by atoms with E-state index in [9.17, 15) is 9.59 Å². The van der Waals surface area contributed by atoms with Gasteiger partial charge in [0.15, 0.2) is 5.58 Å². The van der Waals surface area contributed by atoms with Crippen molar-refractivity contribution in [3.63, 3.8) is 0 Å². The predicted octanol–water partition coefficient (Wildman–Crippen LogP) is 2.35. The molecule has 2 aromatic heterocycles. The molecule has 0 aliphatic carbocycles. The maximum atomic E-state index is 12.7. The standard InChI is InChI=1S/C16H11N3O3/c17-11-2-4-13-14(8-11)22-16(21)19(13)15(20)10-1-3-12-9(7-10)5-6-18-12/h1-8,18H,17H2. The first kappa shape index (κ1) is 12.5. The third-order valence-corrected chi connectivity index (χ3v) is 3.61. The summed E-state index contributed by atoms with van der Waals surface area (Å²) < 4.78 is 6.11. The third kappa shape index (κ3) is 1.74. The number of fused-ring (bicyclic) bond motifs is 2. The summed E-state index contributed by atoms with van der Waals surface area (Å²) in [5.41, 5.74) is 8.16. The number of hydrogen-bond acceptors (Lipinski definition) is 4. The number of nitrogens with two attached hydrogens (primary N) is 1. The fraction of sp³-hybridized carbons (Fsp3) is 0. The minimum absolute atomic E-state index is 0.293. The number of carbonyl (C=O) groups is 1. The number of H-pyrrole nitrogens is 1. The van der Waals surface area contributed by atoms with Crippen molar-refractivity contribution in [2.75, 3.05) is 5.73 Å². The van der Waals surface area contributed by atoms with Gasteiger partial charge in [-0.3, -0.25) is 4.79 Å². The van der Waals surface area contributed by atoms with Crippen LogP contribution in [-0.2, 0) is 0 Å². The number of nitrogen functional groups attached to an aromatic ring is 1. The van der Waals surface area contributed by atoms with Crippen molar-refractivity contribution in [1.82, 2.24) is 9.55 Å². The molecule has 2 heterocycles. The molecule has 0 bridgehead atoms. The van der Waals surface area contributed by atoms with Crippen molar-refractivity contribution in [2.24, 2.45) is 0 Å². The van der Waals surface area contributed by atoms with Crippen molar-refractivity contribution in [3.8, 4) is 0 Å². The second-order valence-corrected chi connectivity index (χ2v) is 5.02. The molecule has 108 valence electrons. The number of aromatic amines is 1. The number of nitrogens with zero attached hydrogens (tertiary/aromatic N) is 1. The van der Waals surface area contributed by atoms with Gasteiger partial charge in [-0.25, -0.2) is 9.36 Å². The maximum Gasteiger partial charge on any atom is 0.427 e. The zero-order chi connectivity index (χ0) is 15.3. The van der Waals surface area contributed by atoms with Gasteiger partial charge in [-0.15, -0.1) is 0 Å². The van der Waals surface area contributed by atoms with Crippen molar-refractivity contribution >= 4 is 33.6 Å². The molecule has 0 saturated heterocycles. The summed E-state index contributed by atoms with van der Waals surface area (Å²) in [4.78, 5) is 27.7. The van der Waals surface area contributed by atoms with Crippen molar-refractivity contribution < 1.29 is 9.21 Å². The van der Waals surface area contributed by atoms with Gasteiger partial charge >= 0.3 is 5.76 Å². The Bertz CT molecular complexity index is 1080. The number of hydrogen-bond donors (Lipinski definition) is 2. The van der Waals surface area contributed by atoms with Gasteiger partial charge in [-0.05, 0) is 36.4 Å². The van der Waals surface area contributed by atoms with E-state index in [1.54, 1.807) is 36.5 Å². The van der Waals surface area contributed by atoms with E-state index in [1.165, 1.54) is 6.07 Å². The van der Waals surface area contributed by atoms with Gasteiger partial charge in [0.1, 0.15) is 0 Å². The van der Waals surface area contributed by atoms with Crippen molar-refractivity contribution in [2.45, 2.75) is 0 Å². The lowest BCUT2D eigenvalue weighted by Gasteiger charge is -2.02. The molecule has 0 radical (unpaired) electrons. The van der Waals surface area contributed by atoms with E-state index in [2.05, 4.69) is 4.98 Å². The summed E-state index contributed by atoms with van der Waals surface area (Å²) in [5.74, 6) is -1.16. The molecular weight excluding hydrogens is 282 g/mol. The van der Waals surface area contributed by atoms with Crippen LogP contribution in [0, 0.1) is 0 Å². The second-order valence-electron chi connectivity index (χ2n) is 5.02. The molecule has 0 unspecified atom stereocenters. The maximum absolute atomic E-state index is 12.7. The number of aromatic nitrogens is 2. The first-order chi connectivity index (χ1) is 10.6. The van der Waals surface area contributed by atoms with Gasteiger partial charge in [0, 0.05) is 34.4 Å². The zero-order valence-corrected chi connectivity index (χ0v) is 11.4. The van der Waals surface area contributed by atoms with Crippen LogP contribution in [0.1, 0.15) is 10.4 Å². The van der Waals surface area contributed by atoms with Crippen LogP contribution in [0.2, 0.25) is 0 Å². The summed E-state index contributed by atoms with van der Waals surface area (Å²) in [6, 6.07) is 11.8. The first-order valence-electron chi connectivity index (χ1n) is 6.66. The average Bonchev–Trinajstić information content (AvgIpc) is 3.08. The van der Waals surface area contributed by atoms with Crippen LogP contribution in [0.3, 0.4) is 0 Å². The zero-order valence-electron chi connectivity index (χ0n) is 11.4. The quantitative estimate of drug-likeness (QED) is 0.527. The molecule has 6 heteroatoms. The molecule has 2 aromatic carbocycles. The molecule has 0 atom stereocenters. The highest BCUT2D eigenvalue weighted by molar-refractivity contribution is 6.03. The Labute approximate surface area is 123 Å². The fourth-order valence-electron chi connectivity index (χ4n) is 2.54. The molecule has 6 nitrogen and oxygen atoms in total. The van der Waals surface area contributed by atoms with Crippen LogP contribution in [0.4, 0.5) is 5.69 Å². The van der Waals surface area contributed by atoms with E-state index >= 15 is 0 Å². The summed E-state index contributed by atoms with van der Waals surface area (Å²) in [6.07, 6.45) is 1.79. The molecule has 4 rings (SSSR count). The molecule has 22 heavy (non-hydrogen) atoms. The fourth-order valence-corrected chi connectivity index (χ4v) is 2.54. The van der Waals surface area contributed by atoms with Crippen molar-refractivity contribution in [1.29, 1.82) is 0 Å². The Balaban J connectivity index is 1.92. The summed E-state index contributed by atoms with van der Waals surface area (Å²) in [5, 5.41) is 0.899. The van der Waals surface area contributed by atoms with Gasteiger partial charge in [0.05, 0.1) is 5.52 Å². The molecule has 3 N–H and O–H groups in total. The smallest absolute Gasteiger partial charge is 0.407 e. The molecule has 0 spiro atoms. The lowest BCUT2D eigenvalue weighted by atomic mass is 10.1. The number of nitrogens with one attached hydrogen (secondary N) is 1. The summed E-state index contributed by atoms with van der Waals surface area (Å²) in [7, 11) is 0. The van der Waals surface area contributed by atoms with Crippen LogP contribution in [0.15, 0.2) is 57.9 Å². The molecule has 4 aromatic rings. The molecule has 0 aliphatic heterocycles. The lowest BCUT2D eigenvalue weighted by molar-refractivity contribution is 0.0956. The van der Waals surface area contributed by atoms with Crippen LogP contribution in [0.25, 0.3) is 22.0 Å². The van der Waals surface area contributed by atoms with Gasteiger partial charge < -0.3 is 15.1 Å². The van der Waals surface area contributed by atoms with Crippen LogP contribution in [0.5, 0.6) is 0 Å². The third-order valence-electron chi connectivity index (χ3n) is 3.61. The van der Waals surface area contributed by atoms with Crippen molar-refractivity contribution in [3.05, 3.63) is 64.8 Å². The molecule has 0 fully saturated rings. The topological polar surface area (TPSA) is 94.0 Å². The van der Waals surface area contributed by atoms with Crippen LogP contribution < -0.4 is 11.5 Å². The Hall–Kier alpha value is -3.28. The predicted molar refractivity (Wildman–Crippen MR) is 82.9 cm³/mol. The Kier molecular flexibility index (Phi) is 2.47. The van der Waals surface area contributed by atoms with E-state index < -0.39 is 11.7 Å². The van der Waals surface area contributed by atoms with Gasteiger partial charge in [0.25, 0.3) is 5.91 Å². The minimum atomic E-state index is -0.722. The van der Waals surface area contributed by atoms with Crippen LogP contribution >= 0.6 is 0 Å². The normalized spacial score (nSPS) is 11.3. The van der Waals surface area contributed by atoms with Gasteiger partial charge in [0.2, 0.25) is 0 Å². The largest absolute Gasteiger partial charge is 0.427 e. The van der Waals surface area contributed by atoms with E-state index in [0.717, 1.165) is 15.5 Å². The monoisotopic (exact) mass is 293 g/mol. The second kappa shape index (κ2) is 4.36. The van der Waals surface area contributed by atoms with Gasteiger partial charge in [-0.2, -0.15) is 0 Å². The average molecular weight is 293 g/mol. The Morgan fingerprint density at radius 2 is 2.00 bits per heavy atom. The molecule has 0 amide bonds. The summed E-state index contributed by atoms with van der Waals surface area (Å²) in [6.45, 7) is 0. The number of rotatable bonds is 1. The highest BCUT2D eigenvalue weighted by atomic mass is 16.4. The summed E-state index contributed by atoms with van der Waals surface area (Å²) >= 11 is 0. The number of carbonyl (C=O) groups excluding carboxylic acids is 1. The Morgan fingerprint density at radius 3 is 2.86 bits per heavy atom. The molecule has 0 saturated carbocycles. The van der Waals surface area contributed by atoms with E-state index in [4.69, 9.17) is 10.2 Å². The van der Waals surface area contributed by atoms with E-state index in [-0.39, 0.29) is 0 Å². The molecule has 0 aliphatic rings. The minimum Gasteiger partial charge on any atom is -0.407 e. The number of benzene rings is 2. The number of anilines is 1. The first-order valence-corrected chi connectivity index (χ1v) is 6.66. The SMILES string of the molecule is Nc1ccc2c(c1)oc(=O)n2C(=O)c1ccc2[nH]ccc2c1. The van der Waals surface area contributed by atoms with E-state index in [1.807, 2.05) is 6.07 Å². The van der Waals surface area contributed by atoms with Crippen LogP contribution in [-0.4, -0.2) is 15.5 Å². The molecular formula is C16H11N3O3. The van der Waals surface area contributed by atoms with Gasteiger partial charge in [-0.1, -0.05) is 0 Å². The van der Waals surface area contributed by atoms with E-state index in [0.29, 0.717) is 22.4 Å².